The topological polar surface area (TPSA) is 114 Å². The van der Waals surface area contributed by atoms with E-state index in [1.54, 1.807) is 11.1 Å². The Labute approximate surface area is 180 Å². The first-order valence-electron chi connectivity index (χ1n) is 10.2. The Kier molecular flexibility index (Phi) is 5.96. The van der Waals surface area contributed by atoms with Crippen molar-refractivity contribution < 1.29 is 22.7 Å². The van der Waals surface area contributed by atoms with Crippen LogP contribution in [0.15, 0.2) is 35.4 Å². The molecule has 3 heterocycles. The highest BCUT2D eigenvalue weighted by Gasteiger charge is 2.32. The molecule has 0 bridgehead atoms. The molecule has 166 valence electrons. The molecule has 1 aromatic heterocycles. The van der Waals surface area contributed by atoms with E-state index in [-0.39, 0.29) is 23.9 Å². The summed E-state index contributed by atoms with van der Waals surface area (Å²) in [7, 11) is -2.44. The van der Waals surface area contributed by atoms with Gasteiger partial charge < -0.3 is 9.64 Å². The van der Waals surface area contributed by atoms with Gasteiger partial charge in [0.2, 0.25) is 10.0 Å². The van der Waals surface area contributed by atoms with E-state index >= 15 is 0 Å². The summed E-state index contributed by atoms with van der Waals surface area (Å²) in [6.45, 7) is 1.93. The molecule has 1 N–H and O–H groups in total. The molecule has 0 spiro atoms. The van der Waals surface area contributed by atoms with Crippen LogP contribution < -0.4 is 5.32 Å². The van der Waals surface area contributed by atoms with E-state index < -0.39 is 16.1 Å². The normalized spacial score (nSPS) is 17.1. The van der Waals surface area contributed by atoms with E-state index in [1.807, 2.05) is 4.68 Å². The number of nitrogens with zero attached hydrogens (tertiary/aromatic N) is 4. The number of piperazine rings is 1. The van der Waals surface area contributed by atoms with Crippen molar-refractivity contribution in [2.75, 3.05) is 38.6 Å². The fourth-order valence-corrected chi connectivity index (χ4v) is 5.35. The summed E-state index contributed by atoms with van der Waals surface area (Å²) in [5.41, 5.74) is 2.04. The van der Waals surface area contributed by atoms with E-state index in [9.17, 15) is 18.0 Å². The first kappa shape index (κ1) is 21.3. The first-order valence-corrected chi connectivity index (χ1v) is 11.6. The van der Waals surface area contributed by atoms with Crippen LogP contribution in [0.5, 0.6) is 0 Å². The largest absolute Gasteiger partial charge is 0.453 e. The van der Waals surface area contributed by atoms with Crippen LogP contribution in [0, 0.1) is 0 Å². The third kappa shape index (κ3) is 4.28. The van der Waals surface area contributed by atoms with E-state index in [2.05, 4.69) is 15.2 Å². The van der Waals surface area contributed by atoms with Gasteiger partial charge in [-0.05, 0) is 43.5 Å². The van der Waals surface area contributed by atoms with Gasteiger partial charge in [0.1, 0.15) is 0 Å². The number of aromatic nitrogens is 2. The summed E-state index contributed by atoms with van der Waals surface area (Å²) in [6, 6.07) is 5.90. The Bertz CT molecular complexity index is 1070. The molecular formula is C20H25N5O5S. The standard InChI is InChI=1S/C20H25N5O5S/c1-30-20(27)22-15-5-7-16(8-6-15)31(28,29)24-12-10-23(11-13-24)19(26)17-14-21-25-9-3-2-4-18(17)25/h5-8,14H,2-4,9-13H2,1H3,(H,22,27). The van der Waals surface area contributed by atoms with Gasteiger partial charge in [0.05, 0.1) is 29.5 Å². The van der Waals surface area contributed by atoms with Gasteiger partial charge in [-0.3, -0.25) is 14.8 Å². The Morgan fingerprint density at radius 1 is 1.03 bits per heavy atom. The average molecular weight is 448 g/mol. The van der Waals surface area contributed by atoms with Gasteiger partial charge in [-0.25, -0.2) is 13.2 Å². The van der Waals surface area contributed by atoms with E-state index in [4.69, 9.17) is 0 Å². The molecule has 11 heteroatoms. The van der Waals surface area contributed by atoms with Crippen LogP contribution in [0.1, 0.15) is 28.9 Å². The summed E-state index contributed by atoms with van der Waals surface area (Å²) in [5, 5.41) is 6.81. The number of ether oxygens (including phenoxy) is 1. The molecule has 0 radical (unpaired) electrons. The summed E-state index contributed by atoms with van der Waals surface area (Å²) >= 11 is 0. The lowest BCUT2D eigenvalue weighted by Gasteiger charge is -2.34. The van der Waals surface area contributed by atoms with Crippen LogP contribution >= 0.6 is 0 Å². The molecule has 31 heavy (non-hydrogen) atoms. The summed E-state index contributed by atoms with van der Waals surface area (Å²) in [4.78, 5) is 26.1. The number of sulfonamides is 1. The molecule has 2 aliphatic rings. The quantitative estimate of drug-likeness (QED) is 0.761. The SMILES string of the molecule is COC(=O)Nc1ccc(S(=O)(=O)N2CCN(C(=O)c3cnn4c3CCCC4)CC2)cc1. The maximum atomic E-state index is 13.0. The summed E-state index contributed by atoms with van der Waals surface area (Å²) in [5.74, 6) is -0.0848. The van der Waals surface area contributed by atoms with Crippen LogP contribution in [-0.4, -0.2) is 72.7 Å². The zero-order valence-corrected chi connectivity index (χ0v) is 18.1. The molecule has 1 fully saturated rings. The van der Waals surface area contributed by atoms with Crippen LogP contribution in [0.2, 0.25) is 0 Å². The Morgan fingerprint density at radius 2 is 1.74 bits per heavy atom. The number of benzene rings is 1. The first-order chi connectivity index (χ1) is 14.9. The molecule has 0 aliphatic carbocycles. The monoisotopic (exact) mass is 447 g/mol. The average Bonchev–Trinajstić information content (AvgIpc) is 3.23. The molecule has 2 aliphatic heterocycles. The van der Waals surface area contributed by atoms with E-state index in [0.29, 0.717) is 24.3 Å². The molecule has 4 rings (SSSR count). The number of amides is 2. The Hall–Kier alpha value is -2.92. The molecular weight excluding hydrogens is 422 g/mol. The van der Waals surface area contributed by atoms with Crippen molar-refractivity contribution in [2.45, 2.75) is 30.7 Å². The number of fused-ring (bicyclic) bond motifs is 1. The predicted molar refractivity (Wildman–Crippen MR) is 112 cm³/mol. The van der Waals surface area contributed by atoms with Crippen LogP contribution in [0.25, 0.3) is 0 Å². The predicted octanol–water partition coefficient (Wildman–Crippen LogP) is 1.54. The second-order valence-corrected chi connectivity index (χ2v) is 9.46. The third-order valence-corrected chi connectivity index (χ3v) is 7.58. The summed E-state index contributed by atoms with van der Waals surface area (Å²) in [6.07, 6.45) is 3.97. The third-order valence-electron chi connectivity index (χ3n) is 5.66. The lowest BCUT2D eigenvalue weighted by atomic mass is 10.1. The zero-order valence-electron chi connectivity index (χ0n) is 17.3. The number of carbonyl (C=O) groups excluding carboxylic acids is 2. The van der Waals surface area contributed by atoms with Crippen molar-refractivity contribution >= 4 is 27.7 Å². The highest BCUT2D eigenvalue weighted by Crippen LogP contribution is 2.23. The van der Waals surface area contributed by atoms with Crippen LogP contribution in [0.4, 0.5) is 10.5 Å². The second-order valence-electron chi connectivity index (χ2n) is 7.52. The van der Waals surface area contributed by atoms with Crippen molar-refractivity contribution in [3.8, 4) is 0 Å². The number of nitrogens with one attached hydrogen (secondary N) is 1. The highest BCUT2D eigenvalue weighted by molar-refractivity contribution is 7.89. The molecule has 0 saturated carbocycles. The molecule has 1 saturated heterocycles. The van der Waals surface area contributed by atoms with E-state index in [0.717, 1.165) is 31.5 Å². The molecule has 1 aromatic carbocycles. The minimum atomic E-state index is -3.70. The van der Waals surface area contributed by atoms with Gasteiger partial charge in [0.25, 0.3) is 5.91 Å². The Balaban J connectivity index is 1.40. The van der Waals surface area contributed by atoms with Gasteiger partial charge in [-0.2, -0.15) is 9.40 Å². The fourth-order valence-electron chi connectivity index (χ4n) is 3.93. The number of hydrogen-bond donors (Lipinski definition) is 1. The zero-order chi connectivity index (χ0) is 22.0. The van der Waals surface area contributed by atoms with Crippen LogP contribution in [0.3, 0.4) is 0 Å². The molecule has 0 unspecified atom stereocenters. The van der Waals surface area contributed by atoms with Gasteiger partial charge >= 0.3 is 6.09 Å². The molecule has 2 amide bonds. The van der Waals surface area contributed by atoms with Gasteiger partial charge in [0, 0.05) is 38.4 Å². The van der Waals surface area contributed by atoms with Gasteiger partial charge in [-0.1, -0.05) is 0 Å². The minimum Gasteiger partial charge on any atom is -0.453 e. The molecule has 2 aromatic rings. The number of hydrogen-bond acceptors (Lipinski definition) is 6. The van der Waals surface area contributed by atoms with Gasteiger partial charge in [0.15, 0.2) is 0 Å². The maximum Gasteiger partial charge on any atom is 0.411 e. The lowest BCUT2D eigenvalue weighted by Crippen LogP contribution is -2.50. The van der Waals surface area contributed by atoms with Gasteiger partial charge in [-0.15, -0.1) is 0 Å². The lowest BCUT2D eigenvalue weighted by molar-refractivity contribution is 0.0696. The van der Waals surface area contributed by atoms with Crippen molar-refractivity contribution in [3.05, 3.63) is 41.7 Å². The van der Waals surface area contributed by atoms with Crippen molar-refractivity contribution in [1.82, 2.24) is 19.0 Å². The Morgan fingerprint density at radius 3 is 2.42 bits per heavy atom. The smallest absolute Gasteiger partial charge is 0.411 e. The summed E-state index contributed by atoms with van der Waals surface area (Å²) < 4.78 is 33.7. The molecule has 0 atom stereocenters. The highest BCUT2D eigenvalue weighted by atomic mass is 32.2. The number of anilines is 1. The van der Waals surface area contributed by atoms with Crippen LogP contribution in [-0.2, 0) is 27.7 Å². The minimum absolute atomic E-state index is 0.0848. The number of aryl methyl sites for hydroxylation is 1. The van der Waals surface area contributed by atoms with Crippen molar-refractivity contribution in [1.29, 1.82) is 0 Å². The molecule has 10 nitrogen and oxygen atoms in total. The van der Waals surface area contributed by atoms with Crippen molar-refractivity contribution in [3.63, 3.8) is 0 Å². The fraction of sp³-hybridized carbons (Fsp3) is 0.450. The number of methoxy groups -OCH3 is 1. The number of rotatable bonds is 4. The number of carbonyl (C=O) groups is 2. The van der Waals surface area contributed by atoms with Crippen molar-refractivity contribution in [2.24, 2.45) is 0 Å². The maximum absolute atomic E-state index is 13.0. The van der Waals surface area contributed by atoms with E-state index in [1.165, 1.54) is 35.7 Å². The second kappa shape index (κ2) is 8.67.